The second-order valence-corrected chi connectivity index (χ2v) is 13.1. The average Bonchev–Trinajstić information content (AvgIpc) is 3.42. The van der Waals surface area contributed by atoms with E-state index in [0.717, 1.165) is 39.6 Å². The van der Waals surface area contributed by atoms with Crippen molar-refractivity contribution in [2.45, 2.75) is 31.6 Å². The van der Waals surface area contributed by atoms with Crippen LogP contribution in [0.3, 0.4) is 0 Å². The molecule has 246 valence electrons. The van der Waals surface area contributed by atoms with E-state index < -0.39 is 46.1 Å². The highest BCUT2D eigenvalue weighted by atomic mass is 32.2. The molecule has 0 spiro atoms. The monoisotopic (exact) mass is 665 g/mol. The number of nitrogens with zero attached hydrogens (tertiary/aromatic N) is 1. The Kier molecular flexibility index (Phi) is 10.3. The normalized spacial score (nSPS) is 13.2. The van der Waals surface area contributed by atoms with Crippen LogP contribution in [0.2, 0.25) is 0 Å². The van der Waals surface area contributed by atoms with Crippen molar-refractivity contribution in [3.8, 4) is 23.0 Å². The summed E-state index contributed by atoms with van der Waals surface area (Å²) in [6.45, 7) is 1.87. The fraction of sp³-hybridized carbons (Fsp3) is 0.216. The number of sulfonamides is 1. The van der Waals surface area contributed by atoms with Crippen LogP contribution in [0.25, 0.3) is 11.1 Å². The number of carbonyl (C=O) groups is 3. The number of hydrogen-bond donors (Lipinski definition) is 2. The standard InChI is InChI=1S/C37H35N3O7S/c1-24(40(37(43)47-3)34-31-11-7-5-9-29(31)30-10-6-8-12-32(30)34)33(36(42)46-2)39-35(41)28-21-19-26(20-22-28)14-13-25-15-17-27(18-16-25)23-38-48(4,44)45/h5-12,15-22,24,33-34,38H,23H2,1-4H3,(H,39,41)/t24-,33+/m1/s1. The highest BCUT2D eigenvalue weighted by Crippen LogP contribution is 2.47. The van der Waals surface area contributed by atoms with Gasteiger partial charge in [-0.1, -0.05) is 72.5 Å². The topological polar surface area (TPSA) is 131 Å². The molecule has 0 saturated heterocycles. The molecule has 0 heterocycles. The van der Waals surface area contributed by atoms with E-state index in [1.165, 1.54) is 19.1 Å². The van der Waals surface area contributed by atoms with E-state index in [0.29, 0.717) is 5.56 Å². The first-order chi connectivity index (χ1) is 23.0. The second-order valence-electron chi connectivity index (χ2n) is 11.3. The summed E-state index contributed by atoms with van der Waals surface area (Å²) < 4.78 is 35.4. The number of rotatable bonds is 9. The van der Waals surface area contributed by atoms with E-state index in [2.05, 4.69) is 21.9 Å². The number of fused-ring (bicyclic) bond motifs is 3. The third kappa shape index (κ3) is 7.57. The van der Waals surface area contributed by atoms with Gasteiger partial charge in [-0.2, -0.15) is 0 Å². The van der Waals surface area contributed by atoms with Crippen molar-refractivity contribution in [3.05, 3.63) is 130 Å². The van der Waals surface area contributed by atoms with Crippen LogP contribution in [0.5, 0.6) is 0 Å². The lowest BCUT2D eigenvalue weighted by Gasteiger charge is -2.37. The number of esters is 1. The lowest BCUT2D eigenvalue weighted by molar-refractivity contribution is -0.144. The molecule has 1 aliphatic carbocycles. The maximum atomic E-state index is 13.5. The van der Waals surface area contributed by atoms with E-state index in [4.69, 9.17) is 9.47 Å². The molecule has 5 rings (SSSR count). The molecule has 0 aliphatic heterocycles. The number of carbonyl (C=O) groups excluding carboxylic acids is 3. The first kappa shape index (κ1) is 33.9. The SMILES string of the molecule is COC(=O)[C@@H](NC(=O)c1ccc(C#Cc2ccc(CNS(C)(=O)=O)cc2)cc1)[C@@H](C)N(C(=O)OC)C1c2ccccc2-c2ccccc21. The van der Waals surface area contributed by atoms with Gasteiger partial charge in [0, 0.05) is 23.2 Å². The number of amides is 2. The average molecular weight is 666 g/mol. The first-order valence-corrected chi connectivity index (χ1v) is 17.0. The van der Waals surface area contributed by atoms with E-state index in [1.54, 1.807) is 55.5 Å². The highest BCUT2D eigenvalue weighted by molar-refractivity contribution is 7.88. The van der Waals surface area contributed by atoms with Crippen LogP contribution in [0.15, 0.2) is 97.1 Å². The lowest BCUT2D eigenvalue weighted by atomic mass is 9.99. The highest BCUT2D eigenvalue weighted by Gasteiger charge is 2.43. The maximum Gasteiger partial charge on any atom is 0.410 e. The van der Waals surface area contributed by atoms with Crippen LogP contribution in [0.1, 0.15) is 51.1 Å². The van der Waals surface area contributed by atoms with E-state index in [9.17, 15) is 22.8 Å². The van der Waals surface area contributed by atoms with Crippen molar-refractivity contribution in [2.75, 3.05) is 20.5 Å². The first-order valence-electron chi connectivity index (χ1n) is 15.1. The van der Waals surface area contributed by atoms with Crippen LogP contribution >= 0.6 is 0 Å². The summed E-state index contributed by atoms with van der Waals surface area (Å²) in [5, 5.41) is 2.78. The van der Waals surface area contributed by atoms with Gasteiger partial charge < -0.3 is 14.8 Å². The molecule has 11 heteroatoms. The summed E-state index contributed by atoms with van der Waals surface area (Å²) in [6.07, 6.45) is 0.444. The predicted molar refractivity (Wildman–Crippen MR) is 181 cm³/mol. The van der Waals surface area contributed by atoms with Crippen molar-refractivity contribution in [2.24, 2.45) is 0 Å². The minimum atomic E-state index is -3.29. The van der Waals surface area contributed by atoms with Gasteiger partial charge >= 0.3 is 12.1 Å². The summed E-state index contributed by atoms with van der Waals surface area (Å²) in [7, 11) is -0.783. The minimum absolute atomic E-state index is 0.189. The molecule has 1 aliphatic rings. The zero-order valence-electron chi connectivity index (χ0n) is 26.9. The van der Waals surface area contributed by atoms with Gasteiger partial charge in [-0.15, -0.1) is 0 Å². The Morgan fingerprint density at radius 2 is 1.31 bits per heavy atom. The molecule has 0 saturated carbocycles. The molecule has 0 aromatic heterocycles. The maximum absolute atomic E-state index is 13.5. The van der Waals surface area contributed by atoms with Crippen LogP contribution in [0, 0.1) is 11.8 Å². The van der Waals surface area contributed by atoms with Gasteiger partial charge in [-0.05, 0) is 71.1 Å². The quantitative estimate of drug-likeness (QED) is 0.197. The lowest BCUT2D eigenvalue weighted by Crippen LogP contribution is -2.57. The largest absolute Gasteiger partial charge is 0.467 e. The number of hydrogen-bond acceptors (Lipinski definition) is 7. The van der Waals surface area contributed by atoms with Crippen molar-refractivity contribution in [3.63, 3.8) is 0 Å². The third-order valence-electron chi connectivity index (χ3n) is 8.12. The second kappa shape index (κ2) is 14.5. The summed E-state index contributed by atoms with van der Waals surface area (Å²) in [4.78, 5) is 41.5. The summed E-state index contributed by atoms with van der Waals surface area (Å²) in [5.74, 6) is 4.84. The number of ether oxygens (including phenoxy) is 2. The Balaban J connectivity index is 1.34. The van der Waals surface area contributed by atoms with Gasteiger partial charge in [0.15, 0.2) is 0 Å². The molecule has 2 N–H and O–H groups in total. The van der Waals surface area contributed by atoms with Gasteiger partial charge in [-0.3, -0.25) is 9.69 Å². The zero-order valence-corrected chi connectivity index (χ0v) is 27.7. The van der Waals surface area contributed by atoms with Crippen LogP contribution in [0.4, 0.5) is 4.79 Å². The number of benzene rings is 4. The van der Waals surface area contributed by atoms with Crippen LogP contribution < -0.4 is 10.0 Å². The summed E-state index contributed by atoms with van der Waals surface area (Å²) in [6, 6.07) is 26.6. The summed E-state index contributed by atoms with van der Waals surface area (Å²) in [5.41, 5.74) is 6.17. The minimum Gasteiger partial charge on any atom is -0.467 e. The summed E-state index contributed by atoms with van der Waals surface area (Å²) >= 11 is 0. The van der Waals surface area contributed by atoms with Crippen molar-refractivity contribution in [1.82, 2.24) is 14.9 Å². The molecule has 48 heavy (non-hydrogen) atoms. The van der Waals surface area contributed by atoms with Crippen molar-refractivity contribution < 1.29 is 32.3 Å². The third-order valence-corrected chi connectivity index (χ3v) is 8.79. The molecule has 2 amide bonds. The fourth-order valence-electron chi connectivity index (χ4n) is 5.70. The van der Waals surface area contributed by atoms with Gasteiger partial charge in [0.2, 0.25) is 10.0 Å². The Hall–Kier alpha value is -5.44. The van der Waals surface area contributed by atoms with Crippen molar-refractivity contribution in [1.29, 1.82) is 0 Å². The van der Waals surface area contributed by atoms with Crippen LogP contribution in [-0.2, 0) is 30.8 Å². The molecule has 4 aromatic carbocycles. The Labute approximate surface area is 280 Å². The van der Waals surface area contributed by atoms with Gasteiger partial charge in [-0.25, -0.2) is 22.7 Å². The van der Waals surface area contributed by atoms with E-state index in [-0.39, 0.29) is 12.1 Å². The predicted octanol–water partition coefficient (Wildman–Crippen LogP) is 4.63. The fourth-order valence-corrected chi connectivity index (χ4v) is 6.13. The molecular formula is C37H35N3O7S. The molecular weight excluding hydrogens is 630 g/mol. The Morgan fingerprint density at radius 3 is 1.81 bits per heavy atom. The molecule has 0 radical (unpaired) electrons. The van der Waals surface area contributed by atoms with Gasteiger partial charge in [0.1, 0.15) is 6.04 Å². The molecule has 4 aromatic rings. The molecule has 2 atom stereocenters. The molecule has 0 fully saturated rings. The molecule has 10 nitrogen and oxygen atoms in total. The Bertz CT molecular complexity index is 1950. The molecule has 0 unspecified atom stereocenters. The number of methoxy groups -OCH3 is 2. The smallest absolute Gasteiger partial charge is 0.410 e. The van der Waals surface area contributed by atoms with Crippen LogP contribution in [-0.4, -0.2) is 63.8 Å². The van der Waals surface area contributed by atoms with Gasteiger partial charge in [0.25, 0.3) is 5.91 Å². The van der Waals surface area contributed by atoms with E-state index >= 15 is 0 Å². The van der Waals surface area contributed by atoms with Crippen molar-refractivity contribution >= 4 is 28.0 Å². The van der Waals surface area contributed by atoms with E-state index in [1.807, 2.05) is 48.5 Å². The zero-order chi connectivity index (χ0) is 34.4. The number of nitrogens with one attached hydrogen (secondary N) is 2. The Morgan fingerprint density at radius 1 is 0.792 bits per heavy atom. The molecule has 0 bridgehead atoms. The van der Waals surface area contributed by atoms with Gasteiger partial charge in [0.05, 0.1) is 32.6 Å².